The fourth-order valence-electron chi connectivity index (χ4n) is 2.41. The van der Waals surface area contributed by atoms with Crippen LogP contribution in [0, 0.1) is 10.1 Å². The van der Waals surface area contributed by atoms with Gasteiger partial charge in [-0.3, -0.25) is 10.1 Å². The van der Waals surface area contributed by atoms with Gasteiger partial charge in [-0.1, -0.05) is 0 Å². The van der Waals surface area contributed by atoms with Crippen LogP contribution in [0.1, 0.15) is 20.9 Å². The van der Waals surface area contributed by atoms with E-state index >= 15 is 0 Å². The molecule has 126 valence electrons. The summed E-state index contributed by atoms with van der Waals surface area (Å²) in [5, 5.41) is 11.5. The minimum atomic E-state index is -3.12. The summed E-state index contributed by atoms with van der Waals surface area (Å²) in [4.78, 5) is 27.2. The Hall–Kier alpha value is -2.33. The minimum absolute atomic E-state index is 0.0440. The van der Waals surface area contributed by atoms with Crippen molar-refractivity contribution in [2.45, 2.75) is 12.2 Å². The number of esters is 1. The Morgan fingerprint density at radius 2 is 2.12 bits per heavy atom. The number of thiazole rings is 1. The number of aryl methyl sites for hydroxylation is 1. The standard InChI is InChI=1S/C14H12N2O6S2/c1-22-14(17)9-4-8(5-10(6-9)16(18)19)13-15-11-2-3-24(20,21)7-12(11)23-13/h4-6H,2-3,7H2,1H3. The summed E-state index contributed by atoms with van der Waals surface area (Å²) in [5.41, 5.74) is 0.869. The molecule has 1 aromatic heterocycles. The maximum atomic E-state index is 11.7. The van der Waals surface area contributed by atoms with E-state index < -0.39 is 20.7 Å². The van der Waals surface area contributed by atoms with Crippen LogP contribution in [0.5, 0.6) is 0 Å². The van der Waals surface area contributed by atoms with Gasteiger partial charge in [0.25, 0.3) is 5.69 Å². The normalized spacial score (nSPS) is 15.5. The molecule has 1 aliphatic rings. The van der Waals surface area contributed by atoms with Gasteiger partial charge in [-0.2, -0.15) is 0 Å². The van der Waals surface area contributed by atoms with E-state index in [4.69, 9.17) is 0 Å². The lowest BCUT2D eigenvalue weighted by Gasteiger charge is -2.09. The number of nitrogens with zero attached hydrogens (tertiary/aromatic N) is 2. The van der Waals surface area contributed by atoms with E-state index in [1.165, 1.54) is 30.6 Å². The number of rotatable bonds is 3. The van der Waals surface area contributed by atoms with Crippen molar-refractivity contribution in [3.63, 3.8) is 0 Å². The van der Waals surface area contributed by atoms with Crippen LogP contribution in [0.3, 0.4) is 0 Å². The number of nitro groups is 1. The first-order chi connectivity index (χ1) is 11.3. The second kappa shape index (κ2) is 5.95. The van der Waals surface area contributed by atoms with Crippen molar-refractivity contribution in [2.24, 2.45) is 0 Å². The van der Waals surface area contributed by atoms with Gasteiger partial charge in [0, 0.05) is 29.0 Å². The number of carbonyl (C=O) groups is 1. The predicted octanol–water partition coefficient (Wildman–Crippen LogP) is 1.98. The third-order valence-corrected chi connectivity index (χ3v) is 6.46. The van der Waals surface area contributed by atoms with Crippen LogP contribution >= 0.6 is 11.3 Å². The van der Waals surface area contributed by atoms with Crippen LogP contribution in [0.2, 0.25) is 0 Å². The number of non-ortho nitro benzene ring substituents is 1. The number of ether oxygens (including phenoxy) is 1. The summed E-state index contributed by atoms with van der Waals surface area (Å²) in [7, 11) is -1.94. The van der Waals surface area contributed by atoms with Gasteiger partial charge < -0.3 is 4.74 Å². The molecule has 0 aliphatic carbocycles. The smallest absolute Gasteiger partial charge is 0.338 e. The number of hydrogen-bond acceptors (Lipinski definition) is 8. The zero-order valence-electron chi connectivity index (χ0n) is 12.5. The molecule has 24 heavy (non-hydrogen) atoms. The molecule has 0 bridgehead atoms. The Kier molecular flexibility index (Phi) is 4.10. The molecule has 1 aliphatic heterocycles. The molecule has 0 radical (unpaired) electrons. The van der Waals surface area contributed by atoms with E-state index in [0.717, 1.165) is 6.07 Å². The molecule has 0 N–H and O–H groups in total. The van der Waals surface area contributed by atoms with Crippen LogP contribution in [0.15, 0.2) is 18.2 Å². The lowest BCUT2D eigenvalue weighted by molar-refractivity contribution is -0.384. The van der Waals surface area contributed by atoms with Crippen molar-refractivity contribution in [3.05, 3.63) is 44.4 Å². The molecule has 0 spiro atoms. The highest BCUT2D eigenvalue weighted by Crippen LogP contribution is 2.34. The quantitative estimate of drug-likeness (QED) is 0.462. The first kappa shape index (κ1) is 16.5. The van der Waals surface area contributed by atoms with Gasteiger partial charge in [-0.15, -0.1) is 11.3 Å². The van der Waals surface area contributed by atoms with E-state index in [9.17, 15) is 23.3 Å². The van der Waals surface area contributed by atoms with Crippen molar-refractivity contribution >= 4 is 32.8 Å². The zero-order chi connectivity index (χ0) is 17.5. The van der Waals surface area contributed by atoms with E-state index in [-0.39, 0.29) is 22.8 Å². The van der Waals surface area contributed by atoms with Crippen LogP contribution < -0.4 is 0 Å². The number of aromatic nitrogens is 1. The molecule has 3 rings (SSSR count). The molecule has 0 fully saturated rings. The number of methoxy groups -OCH3 is 1. The molecule has 8 nitrogen and oxygen atoms in total. The van der Waals surface area contributed by atoms with Gasteiger partial charge in [0.2, 0.25) is 0 Å². The fourth-order valence-corrected chi connectivity index (χ4v) is 5.29. The largest absolute Gasteiger partial charge is 0.465 e. The molecule has 2 aromatic rings. The van der Waals surface area contributed by atoms with Crippen molar-refractivity contribution in [1.29, 1.82) is 0 Å². The molecule has 0 atom stereocenters. The molecule has 0 saturated heterocycles. The molecule has 10 heteroatoms. The molecule has 0 amide bonds. The van der Waals surface area contributed by atoms with Crippen LogP contribution in [-0.4, -0.2) is 37.2 Å². The lowest BCUT2D eigenvalue weighted by Crippen LogP contribution is -2.17. The summed E-state index contributed by atoms with van der Waals surface area (Å²) in [6.45, 7) is 0. The SMILES string of the molecule is COC(=O)c1cc(-c2nc3c(s2)CS(=O)(=O)CC3)cc([N+](=O)[O-])c1. The maximum absolute atomic E-state index is 11.7. The fraction of sp³-hybridized carbons (Fsp3) is 0.286. The maximum Gasteiger partial charge on any atom is 0.338 e. The van der Waals surface area contributed by atoms with Crippen molar-refractivity contribution in [3.8, 4) is 10.6 Å². The Balaban J connectivity index is 2.09. The Morgan fingerprint density at radius 3 is 2.79 bits per heavy atom. The van der Waals surface area contributed by atoms with Gasteiger partial charge in [0.15, 0.2) is 9.84 Å². The second-order valence-corrected chi connectivity index (χ2v) is 8.52. The van der Waals surface area contributed by atoms with Crippen LogP contribution in [0.25, 0.3) is 10.6 Å². The number of hydrogen-bond donors (Lipinski definition) is 0. The summed E-state index contributed by atoms with van der Waals surface area (Å²) >= 11 is 1.17. The number of fused-ring (bicyclic) bond motifs is 1. The van der Waals surface area contributed by atoms with E-state index in [1.54, 1.807) is 0 Å². The van der Waals surface area contributed by atoms with E-state index in [2.05, 4.69) is 9.72 Å². The Bertz CT molecular complexity index is 948. The second-order valence-electron chi connectivity index (χ2n) is 5.25. The Labute approximate surface area is 141 Å². The van der Waals surface area contributed by atoms with Gasteiger partial charge in [0.1, 0.15) is 5.01 Å². The Morgan fingerprint density at radius 1 is 1.38 bits per heavy atom. The summed E-state index contributed by atoms with van der Waals surface area (Å²) in [6.07, 6.45) is 0.326. The van der Waals surface area contributed by atoms with Gasteiger partial charge >= 0.3 is 5.97 Å². The molecule has 1 aromatic carbocycles. The third kappa shape index (κ3) is 3.15. The van der Waals surface area contributed by atoms with Crippen LogP contribution in [0.4, 0.5) is 5.69 Å². The number of sulfone groups is 1. The first-order valence-corrected chi connectivity index (χ1v) is 9.50. The van der Waals surface area contributed by atoms with E-state index in [1.807, 2.05) is 0 Å². The number of benzene rings is 1. The zero-order valence-corrected chi connectivity index (χ0v) is 14.1. The number of carbonyl (C=O) groups excluding carboxylic acids is 1. The topological polar surface area (TPSA) is 116 Å². The van der Waals surface area contributed by atoms with Gasteiger partial charge in [-0.25, -0.2) is 18.2 Å². The van der Waals surface area contributed by atoms with Gasteiger partial charge in [-0.05, 0) is 6.07 Å². The highest BCUT2D eigenvalue weighted by atomic mass is 32.2. The van der Waals surface area contributed by atoms with E-state index in [0.29, 0.717) is 27.6 Å². The summed E-state index contributed by atoms with van der Waals surface area (Å²) in [6, 6.07) is 3.90. The predicted molar refractivity (Wildman–Crippen MR) is 86.7 cm³/mol. The average Bonchev–Trinajstić information content (AvgIpc) is 2.95. The first-order valence-electron chi connectivity index (χ1n) is 6.86. The summed E-state index contributed by atoms with van der Waals surface area (Å²) < 4.78 is 28.0. The highest BCUT2D eigenvalue weighted by molar-refractivity contribution is 7.90. The molecule has 0 unspecified atom stereocenters. The van der Waals surface area contributed by atoms with Crippen molar-refractivity contribution in [1.82, 2.24) is 4.98 Å². The minimum Gasteiger partial charge on any atom is -0.465 e. The highest BCUT2D eigenvalue weighted by Gasteiger charge is 2.26. The third-order valence-electron chi connectivity index (χ3n) is 3.58. The molecular formula is C14H12N2O6S2. The summed E-state index contributed by atoms with van der Waals surface area (Å²) in [5.74, 6) is -0.714. The monoisotopic (exact) mass is 368 g/mol. The van der Waals surface area contributed by atoms with Gasteiger partial charge in [0.05, 0.1) is 34.8 Å². The lowest BCUT2D eigenvalue weighted by atomic mass is 10.1. The van der Waals surface area contributed by atoms with Crippen molar-refractivity contribution < 1.29 is 22.9 Å². The van der Waals surface area contributed by atoms with Crippen LogP contribution in [-0.2, 0) is 26.7 Å². The van der Waals surface area contributed by atoms with Crippen molar-refractivity contribution in [2.75, 3.05) is 12.9 Å². The molecular weight excluding hydrogens is 356 g/mol. The average molecular weight is 368 g/mol. The number of nitro benzene ring substituents is 1. The molecule has 2 heterocycles. The molecule has 0 saturated carbocycles.